The Balaban J connectivity index is 2.08. The summed E-state index contributed by atoms with van der Waals surface area (Å²) >= 11 is 5.88. The number of aryl methyl sites for hydroxylation is 1. The first-order chi connectivity index (χ1) is 8.08. The zero-order chi connectivity index (χ0) is 12.4. The Kier molecular flexibility index (Phi) is 3.52. The van der Waals surface area contributed by atoms with E-state index in [0.717, 1.165) is 37.3 Å². The molecule has 17 heavy (non-hydrogen) atoms. The molecule has 1 amide bonds. The molecule has 0 radical (unpaired) electrons. The SMILES string of the molecule is Cc1cc(Cl)cnc1N1CCC(C(N)=O)CC1. The van der Waals surface area contributed by atoms with Gasteiger partial charge in [-0.15, -0.1) is 0 Å². The van der Waals surface area contributed by atoms with Crippen LogP contribution in [0.5, 0.6) is 0 Å². The molecule has 0 atom stereocenters. The molecule has 1 fully saturated rings. The number of carbonyl (C=O) groups is 1. The van der Waals surface area contributed by atoms with Gasteiger partial charge in [0.2, 0.25) is 5.91 Å². The predicted molar refractivity (Wildman–Crippen MR) is 68.1 cm³/mol. The molecule has 1 aliphatic heterocycles. The van der Waals surface area contributed by atoms with E-state index in [9.17, 15) is 4.79 Å². The second-order valence-electron chi connectivity index (χ2n) is 4.46. The molecular formula is C12H16ClN3O. The third kappa shape index (κ3) is 2.69. The van der Waals surface area contributed by atoms with E-state index < -0.39 is 0 Å². The quantitative estimate of drug-likeness (QED) is 0.874. The molecule has 0 saturated carbocycles. The van der Waals surface area contributed by atoms with Crippen LogP contribution in [0.25, 0.3) is 0 Å². The molecule has 0 spiro atoms. The third-order valence-electron chi connectivity index (χ3n) is 3.21. The van der Waals surface area contributed by atoms with Crippen molar-refractivity contribution in [3.8, 4) is 0 Å². The second-order valence-corrected chi connectivity index (χ2v) is 4.89. The minimum Gasteiger partial charge on any atom is -0.369 e. The molecule has 2 rings (SSSR count). The molecule has 0 bridgehead atoms. The number of aromatic nitrogens is 1. The Morgan fingerprint density at radius 1 is 1.53 bits per heavy atom. The lowest BCUT2D eigenvalue weighted by Gasteiger charge is -2.32. The monoisotopic (exact) mass is 253 g/mol. The Hall–Kier alpha value is -1.29. The van der Waals surface area contributed by atoms with Crippen molar-refractivity contribution in [2.24, 2.45) is 11.7 Å². The molecule has 0 unspecified atom stereocenters. The summed E-state index contributed by atoms with van der Waals surface area (Å²) in [5.74, 6) is 0.779. The zero-order valence-corrected chi connectivity index (χ0v) is 10.6. The first-order valence-corrected chi connectivity index (χ1v) is 6.12. The molecule has 4 nitrogen and oxygen atoms in total. The molecule has 1 aromatic rings. The molecule has 1 aromatic heterocycles. The highest BCUT2D eigenvalue weighted by molar-refractivity contribution is 6.30. The van der Waals surface area contributed by atoms with Crippen LogP contribution in [-0.4, -0.2) is 24.0 Å². The Morgan fingerprint density at radius 2 is 2.18 bits per heavy atom. The number of piperidine rings is 1. The normalized spacial score (nSPS) is 17.2. The summed E-state index contributed by atoms with van der Waals surface area (Å²) in [7, 11) is 0. The van der Waals surface area contributed by atoms with Gasteiger partial charge in [-0.1, -0.05) is 11.6 Å². The number of carbonyl (C=O) groups excluding carboxylic acids is 1. The van der Waals surface area contributed by atoms with Gasteiger partial charge in [-0.05, 0) is 31.4 Å². The van der Waals surface area contributed by atoms with E-state index in [1.54, 1.807) is 6.20 Å². The van der Waals surface area contributed by atoms with Crippen LogP contribution in [0.1, 0.15) is 18.4 Å². The highest BCUT2D eigenvalue weighted by atomic mass is 35.5. The summed E-state index contributed by atoms with van der Waals surface area (Å²) < 4.78 is 0. The fourth-order valence-electron chi connectivity index (χ4n) is 2.24. The number of rotatable bonds is 2. The average molecular weight is 254 g/mol. The van der Waals surface area contributed by atoms with E-state index in [1.807, 2.05) is 13.0 Å². The standard InChI is InChI=1S/C12H16ClN3O/c1-8-6-10(13)7-15-12(8)16-4-2-9(3-5-16)11(14)17/h6-7,9H,2-5H2,1H3,(H2,14,17). The number of halogens is 1. The van der Waals surface area contributed by atoms with Crippen LogP contribution < -0.4 is 10.6 Å². The molecule has 2 N–H and O–H groups in total. The van der Waals surface area contributed by atoms with Gasteiger partial charge < -0.3 is 10.6 Å². The van der Waals surface area contributed by atoms with Gasteiger partial charge in [-0.25, -0.2) is 4.98 Å². The lowest BCUT2D eigenvalue weighted by Crippen LogP contribution is -2.39. The zero-order valence-electron chi connectivity index (χ0n) is 9.82. The summed E-state index contributed by atoms with van der Waals surface area (Å²) in [6.07, 6.45) is 3.27. The van der Waals surface area contributed by atoms with Crippen LogP contribution in [0.3, 0.4) is 0 Å². The number of pyridine rings is 1. The summed E-state index contributed by atoms with van der Waals surface area (Å²) in [5.41, 5.74) is 6.38. The maximum Gasteiger partial charge on any atom is 0.220 e. The number of amides is 1. The molecule has 0 aromatic carbocycles. The average Bonchev–Trinajstić information content (AvgIpc) is 2.29. The van der Waals surface area contributed by atoms with Gasteiger partial charge in [0.1, 0.15) is 5.82 Å². The molecular weight excluding hydrogens is 238 g/mol. The van der Waals surface area contributed by atoms with Crippen molar-refractivity contribution in [2.75, 3.05) is 18.0 Å². The summed E-state index contributed by atoms with van der Waals surface area (Å²) in [4.78, 5) is 17.6. The minimum absolute atomic E-state index is 0.0128. The first kappa shape index (κ1) is 12.2. The van der Waals surface area contributed by atoms with E-state index in [0.29, 0.717) is 5.02 Å². The van der Waals surface area contributed by atoms with Crippen LogP contribution in [0.2, 0.25) is 5.02 Å². The van der Waals surface area contributed by atoms with Crippen LogP contribution in [-0.2, 0) is 4.79 Å². The fraction of sp³-hybridized carbons (Fsp3) is 0.500. The Bertz CT molecular complexity index is 428. The van der Waals surface area contributed by atoms with Gasteiger partial charge in [0.15, 0.2) is 0 Å². The molecule has 1 aliphatic rings. The third-order valence-corrected chi connectivity index (χ3v) is 3.42. The Morgan fingerprint density at radius 3 is 2.71 bits per heavy atom. The maximum atomic E-state index is 11.1. The summed E-state index contributed by atoms with van der Waals surface area (Å²) in [6, 6.07) is 1.91. The van der Waals surface area contributed by atoms with Gasteiger partial charge >= 0.3 is 0 Å². The summed E-state index contributed by atoms with van der Waals surface area (Å²) in [5, 5.41) is 0.651. The van der Waals surface area contributed by atoms with Crippen molar-refractivity contribution in [3.05, 3.63) is 22.8 Å². The van der Waals surface area contributed by atoms with E-state index in [-0.39, 0.29) is 11.8 Å². The van der Waals surface area contributed by atoms with Crippen LogP contribution >= 0.6 is 11.6 Å². The number of nitrogens with two attached hydrogens (primary N) is 1. The number of primary amides is 1. The molecule has 5 heteroatoms. The van der Waals surface area contributed by atoms with Crippen LogP contribution in [0.15, 0.2) is 12.3 Å². The molecule has 2 heterocycles. The first-order valence-electron chi connectivity index (χ1n) is 5.74. The topological polar surface area (TPSA) is 59.2 Å². The maximum absolute atomic E-state index is 11.1. The van der Waals surface area contributed by atoms with E-state index >= 15 is 0 Å². The van der Waals surface area contributed by atoms with Gasteiger partial charge in [0.25, 0.3) is 0 Å². The molecule has 92 valence electrons. The predicted octanol–water partition coefficient (Wildman–Crippen LogP) is 1.75. The van der Waals surface area contributed by atoms with E-state index in [4.69, 9.17) is 17.3 Å². The second kappa shape index (κ2) is 4.92. The number of anilines is 1. The largest absolute Gasteiger partial charge is 0.369 e. The van der Waals surface area contributed by atoms with Crippen LogP contribution in [0.4, 0.5) is 5.82 Å². The van der Waals surface area contributed by atoms with Crippen molar-refractivity contribution in [1.29, 1.82) is 0 Å². The van der Waals surface area contributed by atoms with Crippen molar-refractivity contribution < 1.29 is 4.79 Å². The number of hydrogen-bond donors (Lipinski definition) is 1. The Labute approximate surface area is 106 Å². The summed E-state index contributed by atoms with van der Waals surface area (Å²) in [6.45, 7) is 3.64. The van der Waals surface area contributed by atoms with Gasteiger partial charge in [0.05, 0.1) is 5.02 Å². The smallest absolute Gasteiger partial charge is 0.220 e. The highest BCUT2D eigenvalue weighted by Gasteiger charge is 2.24. The van der Waals surface area contributed by atoms with Crippen LogP contribution in [0, 0.1) is 12.8 Å². The van der Waals surface area contributed by atoms with Gasteiger partial charge in [-0.2, -0.15) is 0 Å². The lowest BCUT2D eigenvalue weighted by molar-refractivity contribution is -0.122. The van der Waals surface area contributed by atoms with Gasteiger partial charge in [0, 0.05) is 25.2 Å². The van der Waals surface area contributed by atoms with Crippen molar-refractivity contribution in [2.45, 2.75) is 19.8 Å². The molecule has 1 saturated heterocycles. The fourth-order valence-corrected chi connectivity index (χ4v) is 2.45. The molecule has 0 aliphatic carbocycles. The van der Waals surface area contributed by atoms with Crippen molar-refractivity contribution in [3.63, 3.8) is 0 Å². The highest BCUT2D eigenvalue weighted by Crippen LogP contribution is 2.25. The number of nitrogens with zero attached hydrogens (tertiary/aromatic N) is 2. The van der Waals surface area contributed by atoms with E-state index in [1.165, 1.54) is 0 Å². The van der Waals surface area contributed by atoms with E-state index in [2.05, 4.69) is 9.88 Å². The lowest BCUT2D eigenvalue weighted by atomic mass is 9.96. The minimum atomic E-state index is -0.189. The van der Waals surface area contributed by atoms with Gasteiger partial charge in [-0.3, -0.25) is 4.79 Å². The number of hydrogen-bond acceptors (Lipinski definition) is 3. The van der Waals surface area contributed by atoms with Crippen molar-refractivity contribution >= 4 is 23.3 Å². The van der Waals surface area contributed by atoms with Crippen molar-refractivity contribution in [1.82, 2.24) is 4.98 Å².